The van der Waals surface area contributed by atoms with E-state index in [9.17, 15) is 14.4 Å². The largest absolute Gasteiger partial charge is 0.348 e. The first-order valence-electron chi connectivity index (χ1n) is 5.35. The lowest BCUT2D eigenvalue weighted by molar-refractivity contribution is -0.794. The third-order valence-corrected chi connectivity index (χ3v) is 2.78. The highest BCUT2D eigenvalue weighted by molar-refractivity contribution is 5.95. The number of hydrogen-bond acceptors (Lipinski definition) is 4. The van der Waals surface area contributed by atoms with Gasteiger partial charge in [-0.1, -0.05) is 19.7 Å². The summed E-state index contributed by atoms with van der Waals surface area (Å²) in [7, 11) is 0. The van der Waals surface area contributed by atoms with Crippen molar-refractivity contribution >= 4 is 17.7 Å². The first-order chi connectivity index (χ1) is 8.51. The van der Waals surface area contributed by atoms with Crippen molar-refractivity contribution in [3.8, 4) is 0 Å². The molecule has 0 radical (unpaired) electrons. The lowest BCUT2D eigenvalue weighted by Gasteiger charge is -2.40. The zero-order valence-corrected chi connectivity index (χ0v) is 10.1. The number of amides is 3. The second kappa shape index (κ2) is 5.52. The van der Waals surface area contributed by atoms with Crippen molar-refractivity contribution in [2.45, 2.75) is 0 Å². The molecular weight excluding hydrogens is 234 g/mol. The van der Waals surface area contributed by atoms with E-state index in [4.69, 9.17) is 0 Å². The molecule has 0 aliphatic carbocycles. The second-order valence-corrected chi connectivity index (χ2v) is 3.84. The Hall–Kier alpha value is -2.05. The van der Waals surface area contributed by atoms with E-state index in [1.807, 2.05) is 0 Å². The number of hydrogen-bond donors (Lipinski definition) is 1. The van der Waals surface area contributed by atoms with E-state index >= 15 is 0 Å². The molecule has 0 bridgehead atoms. The molecule has 0 atom stereocenters. The van der Waals surface area contributed by atoms with Crippen molar-refractivity contribution in [1.82, 2.24) is 10.2 Å². The minimum Gasteiger partial charge on any atom is -0.278 e. The molecule has 1 saturated heterocycles. The smallest absolute Gasteiger partial charge is 0.278 e. The highest BCUT2D eigenvalue weighted by atomic mass is 16.2. The number of nitrogens with zero attached hydrogens (tertiary/aromatic N) is 2. The maximum atomic E-state index is 11.9. The molecule has 1 aliphatic heterocycles. The van der Waals surface area contributed by atoms with Gasteiger partial charge in [0.25, 0.3) is 5.91 Å². The molecule has 0 unspecified atom stereocenters. The second-order valence-electron chi connectivity index (χ2n) is 3.84. The van der Waals surface area contributed by atoms with E-state index in [1.54, 1.807) is 0 Å². The van der Waals surface area contributed by atoms with E-state index in [-0.39, 0.29) is 25.9 Å². The highest BCUT2D eigenvalue weighted by Gasteiger charge is 2.45. The summed E-state index contributed by atoms with van der Waals surface area (Å²) in [5.74, 6) is -1.30. The molecule has 0 aromatic carbocycles. The molecular formula is C12H16N3O3+. The molecule has 1 heterocycles. The van der Waals surface area contributed by atoms with Crippen molar-refractivity contribution in [3.63, 3.8) is 0 Å². The molecule has 6 nitrogen and oxygen atoms in total. The predicted molar refractivity (Wildman–Crippen MR) is 65.4 cm³/mol. The van der Waals surface area contributed by atoms with Gasteiger partial charge in [0.2, 0.25) is 0 Å². The maximum Gasteiger partial charge on any atom is 0.348 e. The average molecular weight is 250 g/mol. The summed E-state index contributed by atoms with van der Waals surface area (Å²) in [4.78, 5) is 36.7. The van der Waals surface area contributed by atoms with Crippen LogP contribution in [0, 0.1) is 0 Å². The van der Waals surface area contributed by atoms with Crippen LogP contribution in [0.1, 0.15) is 0 Å². The average Bonchev–Trinajstić information content (AvgIpc) is 2.44. The van der Waals surface area contributed by atoms with Gasteiger partial charge < -0.3 is 0 Å². The molecule has 0 saturated carbocycles. The summed E-state index contributed by atoms with van der Waals surface area (Å²) < 4.78 is -0.563. The summed E-state index contributed by atoms with van der Waals surface area (Å²) in [5, 5.41) is 2.86. The van der Waals surface area contributed by atoms with Gasteiger partial charge >= 0.3 is 11.8 Å². The quantitative estimate of drug-likeness (QED) is 0.552. The molecule has 1 rings (SSSR count). The number of carbonyl (C=O) groups excluding carboxylic acids is 3. The summed E-state index contributed by atoms with van der Waals surface area (Å²) in [5.41, 5.74) is 0. The lowest BCUT2D eigenvalue weighted by atomic mass is 10.3. The summed E-state index contributed by atoms with van der Waals surface area (Å²) in [6, 6.07) is 0. The van der Waals surface area contributed by atoms with Crippen LogP contribution in [0.5, 0.6) is 0 Å². The van der Waals surface area contributed by atoms with Crippen molar-refractivity contribution < 1.29 is 18.9 Å². The Morgan fingerprint density at radius 2 is 1.61 bits per heavy atom. The van der Waals surface area contributed by atoms with Crippen LogP contribution in [-0.4, -0.2) is 47.1 Å². The Bertz CT molecular complexity index is 408. The van der Waals surface area contributed by atoms with Crippen LogP contribution in [-0.2, 0) is 14.4 Å². The van der Waals surface area contributed by atoms with Crippen molar-refractivity contribution in [2.75, 3.05) is 20.0 Å². The van der Waals surface area contributed by atoms with Crippen molar-refractivity contribution in [3.05, 3.63) is 38.0 Å². The Kier molecular flexibility index (Phi) is 4.30. The highest BCUT2D eigenvalue weighted by Crippen LogP contribution is 2.15. The fraction of sp³-hybridized carbons (Fsp3) is 0.250. The molecule has 0 aromatic rings. The Morgan fingerprint density at radius 3 is 2.06 bits per heavy atom. The van der Waals surface area contributed by atoms with E-state index < -0.39 is 16.3 Å². The van der Waals surface area contributed by atoms with Crippen LogP contribution in [0.25, 0.3) is 0 Å². The van der Waals surface area contributed by atoms with Gasteiger partial charge in [-0.05, 0) is 6.08 Å². The third kappa shape index (κ3) is 2.29. The van der Waals surface area contributed by atoms with Crippen LogP contribution in [0.4, 0.5) is 0 Å². The normalized spacial score (nSPS) is 17.7. The topological polar surface area (TPSA) is 66.5 Å². The lowest BCUT2D eigenvalue weighted by Crippen LogP contribution is -2.69. The van der Waals surface area contributed by atoms with Crippen LogP contribution in [0.3, 0.4) is 0 Å². The van der Waals surface area contributed by atoms with Crippen LogP contribution in [0.15, 0.2) is 38.0 Å². The number of rotatable bonds is 3. The van der Waals surface area contributed by atoms with Gasteiger partial charge in [0.05, 0.1) is 6.67 Å². The van der Waals surface area contributed by atoms with Gasteiger partial charge in [0.1, 0.15) is 6.67 Å². The minimum absolute atomic E-state index is 0.0481. The van der Waals surface area contributed by atoms with Gasteiger partial charge in [-0.3, -0.25) is 15.0 Å². The van der Waals surface area contributed by atoms with Gasteiger partial charge in [-0.2, -0.15) is 4.48 Å². The van der Waals surface area contributed by atoms with Crippen molar-refractivity contribution in [1.29, 1.82) is 0 Å². The summed E-state index contributed by atoms with van der Waals surface area (Å²) >= 11 is 0. The zero-order valence-electron chi connectivity index (χ0n) is 10.1. The Balaban J connectivity index is 3.11. The zero-order chi connectivity index (χ0) is 13.8. The molecule has 18 heavy (non-hydrogen) atoms. The fourth-order valence-corrected chi connectivity index (χ4v) is 1.80. The number of nitrogens with one attached hydrogen (secondary N) is 1. The fourth-order valence-electron chi connectivity index (χ4n) is 1.80. The predicted octanol–water partition coefficient (Wildman–Crippen LogP) is -0.281. The van der Waals surface area contributed by atoms with E-state index in [1.165, 1.54) is 4.90 Å². The summed E-state index contributed by atoms with van der Waals surface area (Å²) in [6.07, 6.45) is 3.29. The van der Waals surface area contributed by atoms with Gasteiger partial charge in [-0.25, -0.2) is 9.59 Å². The first-order valence-corrected chi connectivity index (χ1v) is 5.35. The summed E-state index contributed by atoms with van der Waals surface area (Å²) in [6.45, 7) is 10.5. The van der Waals surface area contributed by atoms with Crippen LogP contribution < -0.4 is 5.32 Å². The molecule has 1 fully saturated rings. The Labute approximate surface area is 105 Å². The number of quaternary nitrogens is 1. The van der Waals surface area contributed by atoms with E-state index in [0.717, 1.165) is 18.2 Å². The van der Waals surface area contributed by atoms with E-state index in [0.29, 0.717) is 0 Å². The van der Waals surface area contributed by atoms with Crippen LogP contribution >= 0.6 is 0 Å². The SMILES string of the molecule is C=CC(=O)N1CNC[N+](C(=O)C=C)(C(=O)C=C)C1. The standard InChI is InChI=1S/C12H16N3O3/c1-4-10(16)14-7-13-8-15(9-14,11(17)5-2)12(18)6-3/h4-6,13H,1-3,7-9H2/q+1. The minimum atomic E-state index is -0.563. The van der Waals surface area contributed by atoms with Crippen LogP contribution in [0.2, 0.25) is 0 Å². The molecule has 0 aromatic heterocycles. The molecule has 3 amide bonds. The number of carbonyl (C=O) groups is 3. The molecule has 1 N–H and O–H groups in total. The van der Waals surface area contributed by atoms with Gasteiger partial charge in [0.15, 0.2) is 6.67 Å². The third-order valence-electron chi connectivity index (χ3n) is 2.78. The first kappa shape index (κ1) is 14.0. The molecule has 96 valence electrons. The Morgan fingerprint density at radius 1 is 1.06 bits per heavy atom. The maximum absolute atomic E-state index is 11.9. The number of imide groups is 1. The molecule has 6 heteroatoms. The van der Waals surface area contributed by atoms with E-state index in [2.05, 4.69) is 25.1 Å². The van der Waals surface area contributed by atoms with Gasteiger partial charge in [-0.15, -0.1) is 0 Å². The molecule has 0 spiro atoms. The van der Waals surface area contributed by atoms with Gasteiger partial charge in [0, 0.05) is 12.2 Å². The monoisotopic (exact) mass is 250 g/mol. The van der Waals surface area contributed by atoms with Crippen molar-refractivity contribution in [2.24, 2.45) is 0 Å². The molecule has 1 aliphatic rings.